The predicted octanol–water partition coefficient (Wildman–Crippen LogP) is 2.99. The van der Waals surface area contributed by atoms with Crippen LogP contribution < -0.4 is 10.6 Å². The molecule has 2 N–H and O–H groups in total. The fourth-order valence-electron chi connectivity index (χ4n) is 3.23. The molecule has 0 amide bonds. The molecule has 3 rings (SSSR count). The van der Waals surface area contributed by atoms with E-state index in [1.54, 1.807) is 0 Å². The number of ether oxygens (including phenoxy) is 1. The molecular formula is C14H19ClN2O. The molecule has 4 heteroatoms. The third-order valence-corrected chi connectivity index (χ3v) is 4.43. The number of nitrogens with zero attached hydrogens (tertiary/aromatic N) is 1. The molecule has 3 nitrogen and oxygen atoms in total. The van der Waals surface area contributed by atoms with Gasteiger partial charge >= 0.3 is 0 Å². The molecule has 2 aliphatic rings. The van der Waals surface area contributed by atoms with Crippen LogP contribution in [0.4, 0.5) is 11.4 Å². The second-order valence-corrected chi connectivity index (χ2v) is 5.67. The number of nitrogen functional groups attached to an aromatic ring is 1. The second kappa shape index (κ2) is 4.63. The van der Waals surface area contributed by atoms with E-state index >= 15 is 0 Å². The number of fused-ring (bicyclic) bond motifs is 1. The summed E-state index contributed by atoms with van der Waals surface area (Å²) in [7, 11) is 0. The van der Waals surface area contributed by atoms with Crippen LogP contribution >= 0.6 is 11.6 Å². The second-order valence-electron chi connectivity index (χ2n) is 5.26. The van der Waals surface area contributed by atoms with E-state index in [2.05, 4.69) is 11.8 Å². The van der Waals surface area contributed by atoms with Crippen molar-refractivity contribution >= 4 is 23.0 Å². The van der Waals surface area contributed by atoms with E-state index in [0.717, 1.165) is 13.2 Å². The van der Waals surface area contributed by atoms with Gasteiger partial charge in [0.15, 0.2) is 0 Å². The van der Waals surface area contributed by atoms with E-state index in [4.69, 9.17) is 22.1 Å². The molecule has 0 radical (unpaired) electrons. The number of aryl methyl sites for hydroxylation is 1. The maximum absolute atomic E-state index is 6.17. The Hall–Kier alpha value is -0.930. The molecule has 0 bridgehead atoms. The molecular weight excluding hydrogens is 248 g/mol. The molecule has 0 spiro atoms. The Kier molecular flexibility index (Phi) is 3.12. The van der Waals surface area contributed by atoms with Gasteiger partial charge in [0, 0.05) is 12.2 Å². The number of morpholine rings is 1. The minimum atomic E-state index is 0.398. The van der Waals surface area contributed by atoms with Crippen molar-refractivity contribution in [2.45, 2.75) is 38.3 Å². The van der Waals surface area contributed by atoms with Gasteiger partial charge < -0.3 is 15.4 Å². The predicted molar refractivity (Wildman–Crippen MR) is 75.3 cm³/mol. The standard InChI is InChI=1S/C14H19ClN2O/c1-9-7-11(16)10(15)8-13(9)17-5-6-18-14-4-2-3-12(14)17/h7-8,12,14H,2-6,16H2,1H3. The van der Waals surface area contributed by atoms with Crippen molar-refractivity contribution in [3.05, 3.63) is 22.7 Å². The van der Waals surface area contributed by atoms with Gasteiger partial charge in [0.2, 0.25) is 0 Å². The van der Waals surface area contributed by atoms with E-state index in [1.807, 2.05) is 12.1 Å². The van der Waals surface area contributed by atoms with Crippen molar-refractivity contribution in [2.75, 3.05) is 23.8 Å². The largest absolute Gasteiger partial charge is 0.398 e. The van der Waals surface area contributed by atoms with Gasteiger partial charge in [-0.15, -0.1) is 0 Å². The quantitative estimate of drug-likeness (QED) is 0.794. The molecule has 98 valence electrons. The van der Waals surface area contributed by atoms with Crippen molar-refractivity contribution in [1.29, 1.82) is 0 Å². The molecule has 1 saturated heterocycles. The van der Waals surface area contributed by atoms with Crippen LogP contribution in [0.1, 0.15) is 24.8 Å². The summed E-state index contributed by atoms with van der Waals surface area (Å²) in [6, 6.07) is 4.49. The van der Waals surface area contributed by atoms with Gasteiger partial charge in [-0.25, -0.2) is 0 Å². The van der Waals surface area contributed by atoms with Crippen LogP contribution in [-0.4, -0.2) is 25.3 Å². The number of benzene rings is 1. The lowest BCUT2D eigenvalue weighted by molar-refractivity contribution is 0.0256. The number of anilines is 2. The van der Waals surface area contributed by atoms with Crippen molar-refractivity contribution in [1.82, 2.24) is 0 Å². The number of halogens is 1. The van der Waals surface area contributed by atoms with Crippen molar-refractivity contribution in [2.24, 2.45) is 0 Å². The zero-order valence-electron chi connectivity index (χ0n) is 10.7. The van der Waals surface area contributed by atoms with Crippen molar-refractivity contribution < 1.29 is 4.74 Å². The average Bonchev–Trinajstić information content (AvgIpc) is 2.82. The number of rotatable bonds is 1. The highest BCUT2D eigenvalue weighted by atomic mass is 35.5. The Labute approximate surface area is 113 Å². The van der Waals surface area contributed by atoms with E-state index in [9.17, 15) is 0 Å². The summed E-state index contributed by atoms with van der Waals surface area (Å²) in [5.74, 6) is 0. The highest BCUT2D eigenvalue weighted by Crippen LogP contribution is 2.37. The Morgan fingerprint density at radius 3 is 3.06 bits per heavy atom. The van der Waals surface area contributed by atoms with Crippen LogP contribution in [0.2, 0.25) is 5.02 Å². The highest BCUT2D eigenvalue weighted by Gasteiger charge is 2.36. The van der Waals surface area contributed by atoms with Crippen LogP contribution in [0.5, 0.6) is 0 Å². The van der Waals surface area contributed by atoms with E-state index < -0.39 is 0 Å². The lowest BCUT2D eigenvalue weighted by Crippen LogP contribution is -2.48. The highest BCUT2D eigenvalue weighted by molar-refractivity contribution is 6.33. The molecule has 2 atom stereocenters. The summed E-state index contributed by atoms with van der Waals surface area (Å²) in [6.45, 7) is 3.85. The number of nitrogens with two attached hydrogens (primary N) is 1. The maximum atomic E-state index is 6.17. The molecule has 1 aliphatic heterocycles. The Morgan fingerprint density at radius 2 is 2.22 bits per heavy atom. The summed E-state index contributed by atoms with van der Waals surface area (Å²) in [5.41, 5.74) is 8.93. The third-order valence-electron chi connectivity index (χ3n) is 4.11. The molecule has 1 aromatic rings. The summed E-state index contributed by atoms with van der Waals surface area (Å²) in [4.78, 5) is 2.46. The number of hydrogen-bond acceptors (Lipinski definition) is 3. The molecule has 1 aliphatic carbocycles. The first-order chi connectivity index (χ1) is 8.66. The van der Waals surface area contributed by atoms with Crippen LogP contribution in [0.25, 0.3) is 0 Å². The normalized spacial score (nSPS) is 27.3. The van der Waals surface area contributed by atoms with Gasteiger partial charge in [-0.05, 0) is 43.9 Å². The summed E-state index contributed by atoms with van der Waals surface area (Å²) >= 11 is 6.17. The van der Waals surface area contributed by atoms with Crippen LogP contribution in [-0.2, 0) is 4.74 Å². The molecule has 18 heavy (non-hydrogen) atoms. The van der Waals surface area contributed by atoms with E-state index in [1.165, 1.54) is 30.5 Å². The molecule has 2 unspecified atom stereocenters. The fourth-order valence-corrected chi connectivity index (χ4v) is 3.39. The minimum Gasteiger partial charge on any atom is -0.398 e. The van der Waals surface area contributed by atoms with Gasteiger partial charge in [-0.3, -0.25) is 0 Å². The van der Waals surface area contributed by atoms with Gasteiger partial charge in [-0.2, -0.15) is 0 Å². The first-order valence-corrected chi connectivity index (χ1v) is 6.98. The Balaban J connectivity index is 1.96. The molecule has 1 saturated carbocycles. The van der Waals surface area contributed by atoms with E-state index in [-0.39, 0.29) is 0 Å². The minimum absolute atomic E-state index is 0.398. The summed E-state index contributed by atoms with van der Waals surface area (Å²) < 4.78 is 5.85. The Morgan fingerprint density at radius 1 is 1.39 bits per heavy atom. The summed E-state index contributed by atoms with van der Waals surface area (Å²) in [5, 5.41) is 0.650. The van der Waals surface area contributed by atoms with Crippen LogP contribution in [0.15, 0.2) is 12.1 Å². The fraction of sp³-hybridized carbons (Fsp3) is 0.571. The smallest absolute Gasteiger partial charge is 0.0779 e. The molecule has 0 aromatic heterocycles. The SMILES string of the molecule is Cc1cc(N)c(Cl)cc1N1CCOC2CCCC21. The number of hydrogen-bond donors (Lipinski definition) is 1. The first kappa shape index (κ1) is 12.1. The molecule has 1 aromatic carbocycles. The van der Waals surface area contributed by atoms with Crippen molar-refractivity contribution in [3.63, 3.8) is 0 Å². The lowest BCUT2D eigenvalue weighted by Gasteiger charge is -2.40. The van der Waals surface area contributed by atoms with Gasteiger partial charge in [0.05, 0.1) is 29.5 Å². The van der Waals surface area contributed by atoms with E-state index in [0.29, 0.717) is 22.9 Å². The van der Waals surface area contributed by atoms with Crippen LogP contribution in [0, 0.1) is 6.92 Å². The van der Waals surface area contributed by atoms with Crippen LogP contribution in [0.3, 0.4) is 0 Å². The Bertz CT molecular complexity index is 463. The average molecular weight is 267 g/mol. The third kappa shape index (κ3) is 1.95. The lowest BCUT2D eigenvalue weighted by atomic mass is 10.1. The molecule has 2 fully saturated rings. The van der Waals surface area contributed by atoms with Gasteiger partial charge in [0.25, 0.3) is 0 Å². The van der Waals surface area contributed by atoms with Gasteiger partial charge in [0.1, 0.15) is 0 Å². The first-order valence-electron chi connectivity index (χ1n) is 6.60. The monoisotopic (exact) mass is 266 g/mol. The molecule has 1 heterocycles. The zero-order chi connectivity index (χ0) is 12.7. The maximum Gasteiger partial charge on any atom is 0.0779 e. The zero-order valence-corrected chi connectivity index (χ0v) is 11.4. The van der Waals surface area contributed by atoms with Gasteiger partial charge in [-0.1, -0.05) is 11.6 Å². The summed E-state index contributed by atoms with van der Waals surface area (Å²) in [6.07, 6.45) is 4.05. The van der Waals surface area contributed by atoms with Crippen molar-refractivity contribution in [3.8, 4) is 0 Å². The topological polar surface area (TPSA) is 38.5 Å².